The van der Waals surface area contributed by atoms with E-state index in [9.17, 15) is 13.6 Å². The number of carbonyl (C=O) groups is 1. The Bertz CT molecular complexity index is 759. The fourth-order valence-electron chi connectivity index (χ4n) is 3.19. The molecule has 2 amide bonds. The molecule has 2 heterocycles. The van der Waals surface area contributed by atoms with E-state index < -0.39 is 17.7 Å². The van der Waals surface area contributed by atoms with E-state index in [-0.39, 0.29) is 11.6 Å². The molecule has 0 saturated carbocycles. The lowest BCUT2D eigenvalue weighted by molar-refractivity contribution is 0.206. The van der Waals surface area contributed by atoms with Gasteiger partial charge in [-0.15, -0.1) is 0 Å². The third-order valence-corrected chi connectivity index (χ3v) is 4.16. The number of likely N-dealkylation sites (tertiary alicyclic amines) is 1. The highest BCUT2D eigenvalue weighted by Crippen LogP contribution is 2.34. The maximum Gasteiger partial charge on any atom is 0.323 e. The number of amides is 2. The van der Waals surface area contributed by atoms with E-state index in [1.54, 1.807) is 6.07 Å². The molecule has 0 spiro atoms. The number of benzene rings is 1. The third kappa shape index (κ3) is 3.37. The summed E-state index contributed by atoms with van der Waals surface area (Å²) < 4.78 is 27.5. The van der Waals surface area contributed by atoms with Crippen molar-refractivity contribution < 1.29 is 13.6 Å². The van der Waals surface area contributed by atoms with Crippen LogP contribution in [0, 0.1) is 25.5 Å². The molecule has 126 valence electrons. The van der Waals surface area contributed by atoms with E-state index in [0.29, 0.717) is 18.8 Å². The van der Waals surface area contributed by atoms with Gasteiger partial charge in [-0.2, -0.15) is 0 Å². The number of urea groups is 1. The lowest BCUT2D eigenvalue weighted by atomic mass is 10.0. The fraction of sp³-hybridized carbons (Fsp3) is 0.333. The second-order valence-corrected chi connectivity index (χ2v) is 6.12. The van der Waals surface area contributed by atoms with Gasteiger partial charge >= 0.3 is 6.03 Å². The summed E-state index contributed by atoms with van der Waals surface area (Å²) in [5.41, 5.74) is 2.02. The lowest BCUT2D eigenvalue weighted by Crippen LogP contribution is -2.35. The van der Waals surface area contributed by atoms with Crippen LogP contribution in [-0.4, -0.2) is 22.5 Å². The van der Waals surface area contributed by atoms with Crippen LogP contribution in [0.15, 0.2) is 30.3 Å². The molecular formula is C18H19F2N3O. The summed E-state index contributed by atoms with van der Waals surface area (Å²) >= 11 is 0. The van der Waals surface area contributed by atoms with Gasteiger partial charge in [0.1, 0.15) is 17.5 Å². The van der Waals surface area contributed by atoms with Crippen molar-refractivity contribution in [3.05, 3.63) is 58.8 Å². The molecule has 1 atom stereocenters. The largest absolute Gasteiger partial charge is 0.323 e. The number of carbonyl (C=O) groups excluding carboxylic acids is 1. The van der Waals surface area contributed by atoms with Gasteiger partial charge in [-0.05, 0) is 62.6 Å². The van der Waals surface area contributed by atoms with Crippen molar-refractivity contribution in [3.8, 4) is 0 Å². The number of aromatic nitrogens is 1. The van der Waals surface area contributed by atoms with Gasteiger partial charge in [-0.25, -0.2) is 18.6 Å². The Morgan fingerprint density at radius 2 is 2.04 bits per heavy atom. The van der Waals surface area contributed by atoms with Crippen molar-refractivity contribution in [1.29, 1.82) is 0 Å². The van der Waals surface area contributed by atoms with Gasteiger partial charge in [-0.3, -0.25) is 5.32 Å². The maximum atomic E-state index is 14.1. The van der Waals surface area contributed by atoms with E-state index in [1.165, 1.54) is 11.0 Å². The molecule has 1 saturated heterocycles. The second-order valence-electron chi connectivity index (χ2n) is 6.12. The highest BCUT2D eigenvalue weighted by Gasteiger charge is 2.32. The molecule has 2 aromatic rings. The molecule has 0 aliphatic carbocycles. The highest BCUT2D eigenvalue weighted by atomic mass is 19.1. The number of nitrogens with zero attached hydrogens (tertiary/aromatic N) is 2. The molecular weight excluding hydrogens is 312 g/mol. The number of hydrogen-bond donors (Lipinski definition) is 1. The molecule has 1 unspecified atom stereocenters. The molecule has 24 heavy (non-hydrogen) atoms. The average Bonchev–Trinajstić information content (AvgIpc) is 2.98. The van der Waals surface area contributed by atoms with Crippen molar-refractivity contribution >= 4 is 11.8 Å². The number of rotatable bonds is 2. The van der Waals surface area contributed by atoms with Gasteiger partial charge in [0.25, 0.3) is 0 Å². The van der Waals surface area contributed by atoms with Crippen molar-refractivity contribution in [1.82, 2.24) is 9.88 Å². The van der Waals surface area contributed by atoms with Gasteiger partial charge in [0.15, 0.2) is 0 Å². The van der Waals surface area contributed by atoms with Crippen LogP contribution in [0.4, 0.5) is 19.4 Å². The minimum Gasteiger partial charge on any atom is -0.317 e. The van der Waals surface area contributed by atoms with E-state index in [4.69, 9.17) is 0 Å². The smallest absolute Gasteiger partial charge is 0.317 e. The summed E-state index contributed by atoms with van der Waals surface area (Å²) in [6.45, 7) is 4.27. The van der Waals surface area contributed by atoms with Crippen LogP contribution in [0.5, 0.6) is 0 Å². The SMILES string of the molecule is Cc1cc(C)nc(NC(=O)N2CCCC2c2cc(F)ccc2F)c1. The summed E-state index contributed by atoms with van der Waals surface area (Å²) in [6, 6.07) is 6.23. The standard InChI is InChI=1S/C18H19F2N3O/c1-11-8-12(2)21-17(9-11)22-18(24)23-7-3-4-16(23)14-10-13(19)5-6-15(14)20/h5-6,8-10,16H,3-4,7H2,1-2H3,(H,21,22,24). The molecule has 1 aromatic carbocycles. The highest BCUT2D eigenvalue weighted by molar-refractivity contribution is 5.89. The first kappa shape index (κ1) is 16.4. The molecule has 1 N–H and O–H groups in total. The zero-order valence-electron chi connectivity index (χ0n) is 13.6. The number of nitrogens with one attached hydrogen (secondary N) is 1. The molecule has 0 bridgehead atoms. The molecule has 1 aliphatic rings. The molecule has 1 aromatic heterocycles. The Labute approximate surface area is 139 Å². The third-order valence-electron chi connectivity index (χ3n) is 4.16. The average molecular weight is 331 g/mol. The minimum absolute atomic E-state index is 0.219. The molecule has 3 rings (SSSR count). The van der Waals surface area contributed by atoms with E-state index >= 15 is 0 Å². The normalized spacial score (nSPS) is 17.2. The zero-order chi connectivity index (χ0) is 17.3. The maximum absolute atomic E-state index is 14.1. The van der Waals surface area contributed by atoms with Crippen LogP contribution in [0.3, 0.4) is 0 Å². The van der Waals surface area contributed by atoms with Crippen LogP contribution < -0.4 is 5.32 Å². The lowest BCUT2D eigenvalue weighted by Gasteiger charge is -2.25. The van der Waals surface area contributed by atoms with Crippen LogP contribution in [0.1, 0.15) is 35.7 Å². The number of anilines is 1. The summed E-state index contributed by atoms with van der Waals surface area (Å²) in [7, 11) is 0. The van der Waals surface area contributed by atoms with Crippen LogP contribution >= 0.6 is 0 Å². The van der Waals surface area contributed by atoms with Gasteiger partial charge < -0.3 is 4.90 Å². The molecule has 6 heteroatoms. The van der Waals surface area contributed by atoms with Gasteiger partial charge in [0.2, 0.25) is 0 Å². The van der Waals surface area contributed by atoms with Crippen molar-refractivity contribution in [3.63, 3.8) is 0 Å². The molecule has 4 nitrogen and oxygen atoms in total. The van der Waals surface area contributed by atoms with E-state index in [2.05, 4.69) is 10.3 Å². The van der Waals surface area contributed by atoms with Crippen molar-refractivity contribution in [2.45, 2.75) is 32.7 Å². The monoisotopic (exact) mass is 331 g/mol. The fourth-order valence-corrected chi connectivity index (χ4v) is 3.19. The Balaban J connectivity index is 1.82. The zero-order valence-corrected chi connectivity index (χ0v) is 13.6. The topological polar surface area (TPSA) is 45.2 Å². The summed E-state index contributed by atoms with van der Waals surface area (Å²) in [5, 5.41) is 2.76. The van der Waals surface area contributed by atoms with E-state index in [0.717, 1.165) is 29.8 Å². The summed E-state index contributed by atoms with van der Waals surface area (Å²) in [5.74, 6) is -0.539. The molecule has 1 fully saturated rings. The Morgan fingerprint density at radius 1 is 1.25 bits per heavy atom. The summed E-state index contributed by atoms with van der Waals surface area (Å²) in [4.78, 5) is 18.4. The number of halogens is 2. The first-order valence-electron chi connectivity index (χ1n) is 7.92. The predicted molar refractivity (Wildman–Crippen MR) is 87.8 cm³/mol. The first-order chi connectivity index (χ1) is 11.4. The number of pyridine rings is 1. The van der Waals surface area contributed by atoms with Crippen molar-refractivity contribution in [2.24, 2.45) is 0 Å². The summed E-state index contributed by atoms with van der Waals surface area (Å²) in [6.07, 6.45) is 1.35. The van der Waals surface area contributed by atoms with Crippen LogP contribution in [-0.2, 0) is 0 Å². The Hall–Kier alpha value is -2.50. The Kier molecular flexibility index (Phi) is 4.46. The van der Waals surface area contributed by atoms with Gasteiger partial charge in [0, 0.05) is 17.8 Å². The minimum atomic E-state index is -0.505. The van der Waals surface area contributed by atoms with Crippen LogP contribution in [0.2, 0.25) is 0 Å². The van der Waals surface area contributed by atoms with E-state index in [1.807, 2.05) is 19.9 Å². The molecule has 0 radical (unpaired) electrons. The van der Waals surface area contributed by atoms with Gasteiger partial charge in [0.05, 0.1) is 6.04 Å². The Morgan fingerprint density at radius 3 is 2.79 bits per heavy atom. The first-order valence-corrected chi connectivity index (χ1v) is 7.92. The second kappa shape index (κ2) is 6.55. The quantitative estimate of drug-likeness (QED) is 0.889. The van der Waals surface area contributed by atoms with Crippen molar-refractivity contribution in [2.75, 3.05) is 11.9 Å². The molecule has 1 aliphatic heterocycles. The number of hydrogen-bond acceptors (Lipinski definition) is 2. The predicted octanol–water partition coefficient (Wildman–Crippen LogP) is 4.35. The number of aryl methyl sites for hydroxylation is 2. The van der Waals surface area contributed by atoms with Crippen LogP contribution in [0.25, 0.3) is 0 Å². The van der Waals surface area contributed by atoms with Gasteiger partial charge in [-0.1, -0.05) is 0 Å².